The topological polar surface area (TPSA) is 79.5 Å². The van der Waals surface area contributed by atoms with E-state index in [9.17, 15) is 9.90 Å². The van der Waals surface area contributed by atoms with Gasteiger partial charge in [-0.2, -0.15) is 0 Å². The van der Waals surface area contributed by atoms with Gasteiger partial charge in [0.25, 0.3) is 0 Å². The average molecular weight is 355 g/mol. The van der Waals surface area contributed by atoms with Crippen molar-refractivity contribution < 1.29 is 14.3 Å². The summed E-state index contributed by atoms with van der Waals surface area (Å²) >= 11 is 0. The Bertz CT molecular complexity index is 764. The van der Waals surface area contributed by atoms with Crippen LogP contribution in [-0.2, 0) is 11.3 Å². The van der Waals surface area contributed by atoms with Gasteiger partial charge >= 0.3 is 5.97 Å². The lowest BCUT2D eigenvalue weighted by Crippen LogP contribution is -2.47. The van der Waals surface area contributed by atoms with Gasteiger partial charge in [-0.15, -0.1) is 0 Å². The van der Waals surface area contributed by atoms with E-state index in [1.54, 1.807) is 24.7 Å². The summed E-state index contributed by atoms with van der Waals surface area (Å²) in [7, 11) is 0. The zero-order valence-corrected chi connectivity index (χ0v) is 15.3. The lowest BCUT2D eigenvalue weighted by atomic mass is 9.76. The number of nitrogens with zero attached hydrogens (tertiary/aromatic N) is 3. The fourth-order valence-corrected chi connectivity index (χ4v) is 3.42. The van der Waals surface area contributed by atoms with Gasteiger partial charge in [-0.25, -0.2) is 9.97 Å². The summed E-state index contributed by atoms with van der Waals surface area (Å²) in [5.74, 6) is 0.492. The number of rotatable bonds is 6. The quantitative estimate of drug-likeness (QED) is 0.795. The highest BCUT2D eigenvalue weighted by Gasteiger charge is 2.41. The summed E-state index contributed by atoms with van der Waals surface area (Å²) in [6, 6.07) is 3.63. The largest absolute Gasteiger partial charge is 0.481 e. The predicted octanol–water partition coefficient (Wildman–Crippen LogP) is 3.76. The number of piperidine rings is 1. The third-order valence-electron chi connectivity index (χ3n) is 4.86. The Hall–Kier alpha value is -2.47. The highest BCUT2D eigenvalue weighted by molar-refractivity contribution is 5.75. The molecule has 6 heteroatoms. The molecule has 0 radical (unpaired) electrons. The van der Waals surface area contributed by atoms with Crippen molar-refractivity contribution >= 4 is 5.97 Å². The Balaban J connectivity index is 1.69. The molecular weight excluding hydrogens is 330 g/mol. The number of hydrogen-bond acceptors (Lipinski definition) is 5. The van der Waals surface area contributed by atoms with Crippen molar-refractivity contribution in [1.82, 2.24) is 14.9 Å². The highest BCUT2D eigenvalue weighted by atomic mass is 16.4. The van der Waals surface area contributed by atoms with Gasteiger partial charge in [-0.05, 0) is 51.8 Å². The number of hydrogen-bond donors (Lipinski definition) is 1. The van der Waals surface area contributed by atoms with Gasteiger partial charge in [-0.3, -0.25) is 9.69 Å². The van der Waals surface area contributed by atoms with Crippen molar-refractivity contribution in [2.24, 2.45) is 5.41 Å². The Morgan fingerprint density at radius 1 is 1.38 bits per heavy atom. The lowest BCUT2D eigenvalue weighted by Gasteiger charge is -2.39. The number of carboxylic acids is 1. The fourth-order valence-electron chi connectivity index (χ4n) is 3.42. The van der Waals surface area contributed by atoms with Gasteiger partial charge in [0.05, 0.1) is 11.7 Å². The predicted molar refractivity (Wildman–Crippen MR) is 98.4 cm³/mol. The van der Waals surface area contributed by atoms with Crippen molar-refractivity contribution in [2.45, 2.75) is 39.7 Å². The van der Waals surface area contributed by atoms with Crippen molar-refractivity contribution in [3.63, 3.8) is 0 Å². The first-order chi connectivity index (χ1) is 12.5. The third kappa shape index (κ3) is 4.19. The van der Waals surface area contributed by atoms with E-state index in [1.807, 2.05) is 26.0 Å². The number of carboxylic acid groups (broad SMARTS) is 1. The fraction of sp³-hybridized carbons (Fsp3) is 0.450. The summed E-state index contributed by atoms with van der Waals surface area (Å²) in [6.07, 6.45) is 9.40. The van der Waals surface area contributed by atoms with Crippen LogP contribution in [0, 0.1) is 5.41 Å². The van der Waals surface area contributed by atoms with Gasteiger partial charge in [0, 0.05) is 31.0 Å². The van der Waals surface area contributed by atoms with Crippen LogP contribution in [0.25, 0.3) is 11.6 Å². The van der Waals surface area contributed by atoms with Crippen molar-refractivity contribution in [1.29, 1.82) is 0 Å². The molecule has 138 valence electrons. The van der Waals surface area contributed by atoms with Crippen LogP contribution >= 0.6 is 0 Å². The van der Waals surface area contributed by atoms with E-state index >= 15 is 0 Å². The lowest BCUT2D eigenvalue weighted by molar-refractivity contribution is -0.152. The van der Waals surface area contributed by atoms with E-state index in [0.717, 1.165) is 30.5 Å². The zero-order valence-electron chi connectivity index (χ0n) is 15.3. The first-order valence-electron chi connectivity index (χ1n) is 8.92. The number of allylic oxidation sites excluding steroid dienone is 2. The monoisotopic (exact) mass is 355 g/mol. The second-order valence-electron chi connectivity index (χ2n) is 7.28. The molecule has 2 aromatic rings. The maximum Gasteiger partial charge on any atom is 0.311 e. The minimum Gasteiger partial charge on any atom is -0.481 e. The Kier molecular flexibility index (Phi) is 5.52. The molecule has 0 aliphatic carbocycles. The molecule has 1 saturated heterocycles. The molecular formula is C20H25N3O3. The van der Waals surface area contributed by atoms with Crippen LogP contribution in [-0.4, -0.2) is 39.0 Å². The number of aliphatic carboxylic acids is 1. The minimum atomic E-state index is -0.705. The summed E-state index contributed by atoms with van der Waals surface area (Å²) in [5.41, 5.74) is 1.43. The summed E-state index contributed by atoms with van der Waals surface area (Å²) in [4.78, 5) is 22.9. The first-order valence-corrected chi connectivity index (χ1v) is 8.92. The van der Waals surface area contributed by atoms with Crippen molar-refractivity contribution in [3.05, 3.63) is 48.0 Å². The SMILES string of the molecule is CC(C)=CC[C@@]1(C(=O)O)CCCN(Cc2cnc(-c3ccco3)nc2)C1. The summed E-state index contributed by atoms with van der Waals surface area (Å²) < 4.78 is 5.30. The maximum atomic E-state index is 12.0. The third-order valence-corrected chi connectivity index (χ3v) is 4.86. The van der Waals surface area contributed by atoms with Gasteiger partial charge in [-0.1, -0.05) is 11.6 Å². The van der Waals surface area contributed by atoms with Crippen LogP contribution < -0.4 is 0 Å². The first kappa shape index (κ1) is 18.3. The van der Waals surface area contributed by atoms with E-state index in [-0.39, 0.29) is 0 Å². The number of aromatic nitrogens is 2. The van der Waals surface area contributed by atoms with Crippen LogP contribution in [0.15, 0.2) is 46.9 Å². The Morgan fingerprint density at radius 2 is 2.15 bits per heavy atom. The molecule has 0 unspecified atom stereocenters. The normalized spacial score (nSPS) is 20.7. The average Bonchev–Trinajstić information content (AvgIpc) is 3.15. The maximum absolute atomic E-state index is 12.0. The molecule has 0 aromatic carbocycles. The van der Waals surface area contributed by atoms with E-state index in [0.29, 0.717) is 31.1 Å². The molecule has 2 aromatic heterocycles. The van der Waals surface area contributed by atoms with Crippen molar-refractivity contribution in [3.8, 4) is 11.6 Å². The molecule has 6 nitrogen and oxygen atoms in total. The standard InChI is InChI=1S/C20H25N3O3/c1-15(2)6-8-20(19(24)25)7-4-9-23(14-20)13-16-11-21-18(22-12-16)17-5-3-10-26-17/h3,5-6,10-12H,4,7-9,13-14H2,1-2H3,(H,24,25)/t20-/m0/s1. The van der Waals surface area contributed by atoms with Crippen LogP contribution in [0.1, 0.15) is 38.7 Å². The number of furan rings is 1. The molecule has 1 atom stereocenters. The van der Waals surface area contributed by atoms with Crippen LogP contribution in [0.3, 0.4) is 0 Å². The van der Waals surface area contributed by atoms with Crippen LogP contribution in [0.4, 0.5) is 0 Å². The Morgan fingerprint density at radius 3 is 2.77 bits per heavy atom. The molecule has 3 heterocycles. The second kappa shape index (κ2) is 7.83. The molecule has 1 fully saturated rings. The molecule has 1 aliphatic rings. The molecule has 1 N–H and O–H groups in total. The highest BCUT2D eigenvalue weighted by Crippen LogP contribution is 2.35. The van der Waals surface area contributed by atoms with E-state index in [4.69, 9.17) is 4.42 Å². The molecule has 3 rings (SSSR count). The molecule has 0 saturated carbocycles. The smallest absolute Gasteiger partial charge is 0.311 e. The van der Waals surface area contributed by atoms with Gasteiger partial charge in [0.1, 0.15) is 0 Å². The van der Waals surface area contributed by atoms with Gasteiger partial charge in [0.2, 0.25) is 0 Å². The van der Waals surface area contributed by atoms with Crippen LogP contribution in [0.2, 0.25) is 0 Å². The Labute approximate surface area is 153 Å². The van der Waals surface area contributed by atoms with Gasteiger partial charge in [0.15, 0.2) is 11.6 Å². The zero-order chi connectivity index (χ0) is 18.6. The summed E-state index contributed by atoms with van der Waals surface area (Å²) in [6.45, 7) is 6.11. The van der Waals surface area contributed by atoms with Crippen molar-refractivity contribution in [2.75, 3.05) is 13.1 Å². The minimum absolute atomic E-state index is 0.548. The second-order valence-corrected chi connectivity index (χ2v) is 7.28. The molecule has 26 heavy (non-hydrogen) atoms. The molecule has 1 aliphatic heterocycles. The number of likely N-dealkylation sites (tertiary alicyclic amines) is 1. The van der Waals surface area contributed by atoms with E-state index in [2.05, 4.69) is 14.9 Å². The molecule has 0 amide bonds. The molecule has 0 bridgehead atoms. The van der Waals surface area contributed by atoms with E-state index in [1.165, 1.54) is 0 Å². The number of carbonyl (C=O) groups is 1. The van der Waals surface area contributed by atoms with Crippen LogP contribution in [0.5, 0.6) is 0 Å². The summed E-state index contributed by atoms with van der Waals surface area (Å²) in [5, 5.41) is 9.84. The molecule has 0 spiro atoms. The van der Waals surface area contributed by atoms with Gasteiger partial charge < -0.3 is 9.52 Å². The van der Waals surface area contributed by atoms with E-state index < -0.39 is 11.4 Å².